The minimum absolute atomic E-state index is 0.190. The summed E-state index contributed by atoms with van der Waals surface area (Å²) in [6, 6.07) is 6.86. The molecule has 1 aliphatic rings. The predicted molar refractivity (Wildman–Crippen MR) is 74.6 cm³/mol. The Hall–Kier alpha value is -0.120. The van der Waals surface area contributed by atoms with Gasteiger partial charge in [0.1, 0.15) is 0 Å². The maximum Gasteiger partial charge on any atom is 0.0417 e. The van der Waals surface area contributed by atoms with Gasteiger partial charge in [-0.1, -0.05) is 6.07 Å². The van der Waals surface area contributed by atoms with Crippen LogP contribution < -0.4 is 5.32 Å². The molecule has 0 bridgehead atoms. The van der Waals surface area contributed by atoms with Gasteiger partial charge in [0.25, 0.3) is 0 Å². The highest BCUT2D eigenvalue weighted by atomic mass is 32.2. The van der Waals surface area contributed by atoms with Gasteiger partial charge in [-0.3, -0.25) is 0 Å². The van der Waals surface area contributed by atoms with Gasteiger partial charge >= 0.3 is 0 Å². The van der Waals surface area contributed by atoms with Gasteiger partial charge in [-0.25, -0.2) is 0 Å². The predicted octanol–water partition coefficient (Wildman–Crippen LogP) is 3.73. The second-order valence-corrected chi connectivity index (χ2v) is 6.16. The van der Waals surface area contributed by atoms with Crippen LogP contribution in [0.25, 0.3) is 0 Å². The van der Waals surface area contributed by atoms with Gasteiger partial charge in [-0.2, -0.15) is 0 Å². The lowest BCUT2D eigenvalue weighted by Crippen LogP contribution is -2.33. The Bertz CT molecular complexity index is 370. The topological polar surface area (TPSA) is 12.0 Å². The number of rotatable bonds is 3. The normalized spacial score (nSPS) is 24.9. The van der Waals surface area contributed by atoms with E-state index in [1.165, 1.54) is 28.2 Å². The molecule has 0 aliphatic carbocycles. The minimum Gasteiger partial charge on any atom is -0.308 e. The van der Waals surface area contributed by atoms with Gasteiger partial charge in [-0.05, 0) is 56.5 Å². The van der Waals surface area contributed by atoms with E-state index in [0.29, 0.717) is 0 Å². The fourth-order valence-corrected chi connectivity index (χ4v) is 3.65. The summed E-state index contributed by atoms with van der Waals surface area (Å²) in [6.07, 6.45) is 6.84. The molecule has 0 spiro atoms. The molecule has 16 heavy (non-hydrogen) atoms. The van der Waals surface area contributed by atoms with E-state index in [9.17, 15) is 0 Å². The first-order valence-electron chi connectivity index (χ1n) is 5.67. The van der Waals surface area contributed by atoms with Crippen molar-refractivity contribution in [3.63, 3.8) is 0 Å². The standard InChI is InChI=1S/C13H19NS2/c1-13(7-4-8-14-13)11-6-5-10(15-2)9-12(11)16-3/h5-6,9,14H,4,7-8H2,1-3H3. The molecule has 1 atom stereocenters. The van der Waals surface area contributed by atoms with E-state index >= 15 is 0 Å². The third kappa shape index (κ3) is 2.27. The van der Waals surface area contributed by atoms with Crippen molar-refractivity contribution in [1.29, 1.82) is 0 Å². The maximum atomic E-state index is 3.64. The van der Waals surface area contributed by atoms with E-state index in [1.54, 1.807) is 0 Å². The van der Waals surface area contributed by atoms with Crippen molar-refractivity contribution in [1.82, 2.24) is 5.32 Å². The van der Waals surface area contributed by atoms with Gasteiger partial charge < -0.3 is 5.32 Å². The van der Waals surface area contributed by atoms with Crippen molar-refractivity contribution >= 4 is 23.5 Å². The molecule has 1 fully saturated rings. The lowest BCUT2D eigenvalue weighted by Gasteiger charge is -2.27. The molecule has 1 aromatic rings. The van der Waals surface area contributed by atoms with Crippen LogP contribution in [0.1, 0.15) is 25.3 Å². The molecule has 88 valence electrons. The molecule has 1 heterocycles. The van der Waals surface area contributed by atoms with Crippen molar-refractivity contribution < 1.29 is 0 Å². The maximum absolute atomic E-state index is 3.64. The molecule has 1 N–H and O–H groups in total. The highest BCUT2D eigenvalue weighted by molar-refractivity contribution is 7.99. The first-order chi connectivity index (χ1) is 7.69. The average Bonchev–Trinajstić information content (AvgIpc) is 2.76. The van der Waals surface area contributed by atoms with Crippen LogP contribution in [0, 0.1) is 0 Å². The second-order valence-electron chi connectivity index (χ2n) is 4.43. The molecule has 1 aliphatic heterocycles. The molecule has 0 aromatic heterocycles. The third-order valence-corrected chi connectivity index (χ3v) is 4.87. The second kappa shape index (κ2) is 5.03. The molecule has 1 unspecified atom stereocenters. The molecule has 0 radical (unpaired) electrons. The van der Waals surface area contributed by atoms with E-state index in [1.807, 2.05) is 23.5 Å². The zero-order chi connectivity index (χ0) is 11.6. The summed E-state index contributed by atoms with van der Waals surface area (Å²) >= 11 is 3.67. The van der Waals surface area contributed by atoms with E-state index in [0.717, 1.165) is 6.54 Å². The number of thioether (sulfide) groups is 2. The van der Waals surface area contributed by atoms with Crippen LogP contribution in [-0.4, -0.2) is 19.1 Å². The summed E-state index contributed by atoms with van der Waals surface area (Å²) in [4.78, 5) is 2.78. The Kier molecular flexibility index (Phi) is 3.88. The summed E-state index contributed by atoms with van der Waals surface area (Å²) in [5, 5.41) is 3.64. The number of benzene rings is 1. The summed E-state index contributed by atoms with van der Waals surface area (Å²) in [5.74, 6) is 0. The Morgan fingerprint density at radius 3 is 2.62 bits per heavy atom. The van der Waals surface area contributed by atoms with Crippen LogP contribution in [0.5, 0.6) is 0 Å². The van der Waals surface area contributed by atoms with Crippen LogP contribution in [0.2, 0.25) is 0 Å². The summed E-state index contributed by atoms with van der Waals surface area (Å²) in [5.41, 5.74) is 1.66. The van der Waals surface area contributed by atoms with Crippen molar-refractivity contribution in [3.05, 3.63) is 23.8 Å². The summed E-state index contributed by atoms with van der Waals surface area (Å²) in [7, 11) is 0. The van der Waals surface area contributed by atoms with Crippen LogP contribution >= 0.6 is 23.5 Å². The number of nitrogens with one attached hydrogen (secondary N) is 1. The zero-order valence-electron chi connectivity index (χ0n) is 10.2. The van der Waals surface area contributed by atoms with Gasteiger partial charge in [0, 0.05) is 15.3 Å². The first-order valence-corrected chi connectivity index (χ1v) is 8.12. The molecule has 1 aromatic carbocycles. The highest BCUT2D eigenvalue weighted by Gasteiger charge is 2.31. The Morgan fingerprint density at radius 2 is 2.06 bits per heavy atom. The zero-order valence-corrected chi connectivity index (χ0v) is 11.8. The van der Waals surface area contributed by atoms with E-state index in [-0.39, 0.29) is 5.54 Å². The quantitative estimate of drug-likeness (QED) is 0.824. The Balaban J connectivity index is 2.39. The van der Waals surface area contributed by atoms with Gasteiger partial charge in [0.15, 0.2) is 0 Å². The Morgan fingerprint density at radius 1 is 1.25 bits per heavy atom. The van der Waals surface area contributed by atoms with E-state index in [4.69, 9.17) is 0 Å². The first kappa shape index (κ1) is 12.3. The van der Waals surface area contributed by atoms with Gasteiger partial charge in [-0.15, -0.1) is 23.5 Å². The highest BCUT2D eigenvalue weighted by Crippen LogP contribution is 2.37. The van der Waals surface area contributed by atoms with Crippen LogP contribution in [0.15, 0.2) is 28.0 Å². The third-order valence-electron chi connectivity index (χ3n) is 3.37. The van der Waals surface area contributed by atoms with Crippen molar-refractivity contribution in [2.24, 2.45) is 0 Å². The fourth-order valence-electron chi connectivity index (χ4n) is 2.38. The number of hydrogen-bond acceptors (Lipinski definition) is 3. The van der Waals surface area contributed by atoms with Crippen LogP contribution in [-0.2, 0) is 5.54 Å². The monoisotopic (exact) mass is 253 g/mol. The molecule has 0 amide bonds. The largest absolute Gasteiger partial charge is 0.308 e. The Labute approximate surface area is 107 Å². The van der Waals surface area contributed by atoms with Crippen LogP contribution in [0.4, 0.5) is 0 Å². The van der Waals surface area contributed by atoms with Crippen LogP contribution in [0.3, 0.4) is 0 Å². The lowest BCUT2D eigenvalue weighted by atomic mass is 9.90. The van der Waals surface area contributed by atoms with Crippen molar-refractivity contribution in [2.45, 2.75) is 35.1 Å². The van der Waals surface area contributed by atoms with Gasteiger partial charge in [0.05, 0.1) is 0 Å². The molecular weight excluding hydrogens is 234 g/mol. The van der Waals surface area contributed by atoms with E-state index in [2.05, 4.69) is 43.0 Å². The molecule has 0 saturated carbocycles. The minimum atomic E-state index is 0.190. The average molecular weight is 253 g/mol. The number of hydrogen-bond donors (Lipinski definition) is 1. The molecule has 1 nitrogen and oxygen atoms in total. The van der Waals surface area contributed by atoms with Crippen molar-refractivity contribution in [3.8, 4) is 0 Å². The molecular formula is C13H19NS2. The van der Waals surface area contributed by atoms with Crippen molar-refractivity contribution in [2.75, 3.05) is 19.1 Å². The lowest BCUT2D eigenvalue weighted by molar-refractivity contribution is 0.426. The summed E-state index contributed by atoms with van der Waals surface area (Å²) < 4.78 is 0. The van der Waals surface area contributed by atoms with E-state index < -0.39 is 0 Å². The fraction of sp³-hybridized carbons (Fsp3) is 0.538. The SMILES string of the molecule is CSc1ccc(C2(C)CCCN2)c(SC)c1. The molecule has 1 saturated heterocycles. The molecule has 2 rings (SSSR count). The summed E-state index contributed by atoms with van der Waals surface area (Å²) in [6.45, 7) is 3.47. The van der Waals surface area contributed by atoms with Gasteiger partial charge in [0.2, 0.25) is 0 Å². The molecule has 3 heteroatoms. The smallest absolute Gasteiger partial charge is 0.0417 e.